The van der Waals surface area contributed by atoms with Gasteiger partial charge in [0.25, 0.3) is 0 Å². The Morgan fingerprint density at radius 1 is 1.06 bits per heavy atom. The summed E-state index contributed by atoms with van der Waals surface area (Å²) in [6.45, 7) is 0. The van der Waals surface area contributed by atoms with Crippen LogP contribution in [-0.4, -0.2) is 6.29 Å². The fraction of sp³-hybridized carbons (Fsp3) is 0.0714. The summed E-state index contributed by atoms with van der Waals surface area (Å²) >= 11 is 3.24. The molecule has 0 radical (unpaired) electrons. The van der Waals surface area contributed by atoms with Gasteiger partial charge in [-0.2, -0.15) is 0 Å². The van der Waals surface area contributed by atoms with Gasteiger partial charge in [0, 0.05) is 5.56 Å². The van der Waals surface area contributed by atoms with E-state index in [0.29, 0.717) is 5.56 Å². The highest BCUT2D eigenvalue weighted by Crippen LogP contribution is 2.26. The number of rotatable bonds is 3. The summed E-state index contributed by atoms with van der Waals surface area (Å²) in [7, 11) is 0. The van der Waals surface area contributed by atoms with Crippen molar-refractivity contribution in [3.8, 4) is 11.1 Å². The number of benzene rings is 2. The molecule has 2 rings (SSSR count). The number of halogens is 2. The summed E-state index contributed by atoms with van der Waals surface area (Å²) in [4.78, 5) is 10.3. The lowest BCUT2D eigenvalue weighted by Gasteiger charge is -2.06. The van der Waals surface area contributed by atoms with Crippen LogP contribution in [0.2, 0.25) is 0 Å². The molecule has 0 spiro atoms. The average Bonchev–Trinajstić information content (AvgIpc) is 2.39. The Kier molecular flexibility index (Phi) is 3.69. The Balaban J connectivity index is 2.36. The quantitative estimate of drug-likeness (QED) is 0.614. The maximum atomic E-state index is 13.5. The maximum Gasteiger partial charge on any atom is 0.138 e. The molecule has 2 aromatic rings. The second kappa shape index (κ2) is 5.23. The van der Waals surface area contributed by atoms with E-state index in [-0.39, 0.29) is 10.6 Å². The molecule has 1 nitrogen and oxygen atoms in total. The van der Waals surface area contributed by atoms with Crippen LogP contribution in [-0.2, 0) is 4.79 Å². The molecule has 0 aliphatic rings. The molecule has 0 saturated carbocycles. The van der Waals surface area contributed by atoms with Crippen molar-refractivity contribution in [2.75, 3.05) is 0 Å². The van der Waals surface area contributed by atoms with Gasteiger partial charge in [0.1, 0.15) is 12.1 Å². The van der Waals surface area contributed by atoms with Crippen LogP contribution in [0.5, 0.6) is 0 Å². The summed E-state index contributed by atoms with van der Waals surface area (Å²) in [5, 5.41) is 0. The van der Waals surface area contributed by atoms with E-state index in [9.17, 15) is 9.18 Å². The van der Waals surface area contributed by atoms with E-state index in [1.165, 1.54) is 6.07 Å². The van der Waals surface area contributed by atoms with Crippen LogP contribution in [0.4, 0.5) is 4.39 Å². The zero-order valence-corrected chi connectivity index (χ0v) is 10.5. The highest BCUT2D eigenvalue weighted by atomic mass is 79.9. The number of aldehydes is 1. The molecule has 0 aromatic heterocycles. The minimum Gasteiger partial charge on any atom is -0.302 e. The topological polar surface area (TPSA) is 17.1 Å². The van der Waals surface area contributed by atoms with Crippen LogP contribution in [0, 0.1) is 5.82 Å². The molecule has 86 valence electrons. The predicted molar refractivity (Wildman–Crippen MR) is 69.6 cm³/mol. The van der Waals surface area contributed by atoms with Crippen LogP contribution in [0.3, 0.4) is 0 Å². The fourth-order valence-corrected chi connectivity index (χ4v) is 1.93. The van der Waals surface area contributed by atoms with Crippen molar-refractivity contribution in [2.45, 2.75) is 4.83 Å². The first-order valence-electron chi connectivity index (χ1n) is 5.16. The van der Waals surface area contributed by atoms with Gasteiger partial charge in [-0.15, -0.1) is 0 Å². The Hall–Kier alpha value is -1.48. The molecule has 0 aliphatic heterocycles. The lowest BCUT2D eigenvalue weighted by Crippen LogP contribution is -1.90. The molecule has 17 heavy (non-hydrogen) atoms. The van der Waals surface area contributed by atoms with E-state index < -0.39 is 0 Å². The number of alkyl halides is 1. The second-order valence-electron chi connectivity index (χ2n) is 3.64. The molecule has 0 bridgehead atoms. The Bertz CT molecular complexity index is 522. The molecule has 0 amide bonds. The van der Waals surface area contributed by atoms with Gasteiger partial charge < -0.3 is 4.79 Å². The molecule has 2 aromatic carbocycles. The van der Waals surface area contributed by atoms with Gasteiger partial charge in [0.05, 0.1) is 4.83 Å². The van der Waals surface area contributed by atoms with Gasteiger partial charge in [-0.1, -0.05) is 58.4 Å². The summed E-state index contributed by atoms with van der Waals surface area (Å²) in [5.74, 6) is -0.244. The smallest absolute Gasteiger partial charge is 0.138 e. The SMILES string of the molecule is O=CC(Br)c1ccc(-c2ccccc2F)cc1. The normalized spacial score (nSPS) is 12.1. The standard InChI is InChI=1S/C14H10BrFO/c15-13(9-17)11-7-5-10(6-8-11)12-3-1-2-4-14(12)16/h1-9,13H. The number of hydrogen-bond donors (Lipinski definition) is 0. The molecule has 0 heterocycles. The van der Waals surface area contributed by atoms with Crippen LogP contribution in [0.15, 0.2) is 48.5 Å². The van der Waals surface area contributed by atoms with Crippen molar-refractivity contribution >= 4 is 22.2 Å². The number of carbonyl (C=O) groups excluding carboxylic acids is 1. The van der Waals surface area contributed by atoms with Crippen molar-refractivity contribution in [3.63, 3.8) is 0 Å². The first-order chi connectivity index (χ1) is 8.22. The molecule has 1 unspecified atom stereocenters. The van der Waals surface area contributed by atoms with Crippen LogP contribution in [0.1, 0.15) is 10.4 Å². The van der Waals surface area contributed by atoms with Crippen molar-refractivity contribution in [3.05, 3.63) is 59.9 Å². The minimum absolute atomic E-state index is 0.244. The maximum absolute atomic E-state index is 13.5. The highest BCUT2D eigenvalue weighted by molar-refractivity contribution is 9.09. The summed E-state index contributed by atoms with van der Waals surface area (Å²) in [6, 6.07) is 13.9. The number of carbonyl (C=O) groups is 1. The van der Waals surface area contributed by atoms with Crippen molar-refractivity contribution in [2.24, 2.45) is 0 Å². The third-order valence-electron chi connectivity index (χ3n) is 2.53. The van der Waals surface area contributed by atoms with Gasteiger partial charge in [-0.3, -0.25) is 0 Å². The molecule has 0 aliphatic carbocycles. The molecule has 0 fully saturated rings. The molecule has 3 heteroatoms. The predicted octanol–water partition coefficient (Wildman–Crippen LogP) is 4.13. The van der Waals surface area contributed by atoms with E-state index in [1.54, 1.807) is 18.2 Å². The Morgan fingerprint density at radius 2 is 1.71 bits per heavy atom. The van der Waals surface area contributed by atoms with Crippen molar-refractivity contribution in [1.82, 2.24) is 0 Å². The average molecular weight is 293 g/mol. The zero-order chi connectivity index (χ0) is 12.3. The highest BCUT2D eigenvalue weighted by Gasteiger charge is 2.07. The van der Waals surface area contributed by atoms with E-state index >= 15 is 0 Å². The monoisotopic (exact) mass is 292 g/mol. The van der Waals surface area contributed by atoms with Gasteiger partial charge in [-0.05, 0) is 17.2 Å². The molecular weight excluding hydrogens is 283 g/mol. The third kappa shape index (κ3) is 2.61. The molecular formula is C14H10BrFO. The first-order valence-corrected chi connectivity index (χ1v) is 6.08. The Morgan fingerprint density at radius 3 is 2.29 bits per heavy atom. The van der Waals surface area contributed by atoms with Crippen molar-refractivity contribution < 1.29 is 9.18 Å². The van der Waals surface area contributed by atoms with Gasteiger partial charge in [0.15, 0.2) is 0 Å². The first kappa shape index (κ1) is 12.0. The van der Waals surface area contributed by atoms with Crippen molar-refractivity contribution in [1.29, 1.82) is 0 Å². The van der Waals surface area contributed by atoms with Gasteiger partial charge >= 0.3 is 0 Å². The van der Waals surface area contributed by atoms with E-state index in [4.69, 9.17) is 0 Å². The molecule has 1 atom stereocenters. The van der Waals surface area contributed by atoms with E-state index in [1.807, 2.05) is 24.3 Å². The summed E-state index contributed by atoms with van der Waals surface area (Å²) in [5.41, 5.74) is 2.23. The summed E-state index contributed by atoms with van der Waals surface area (Å²) < 4.78 is 13.5. The summed E-state index contributed by atoms with van der Waals surface area (Å²) in [6.07, 6.45) is 0.818. The van der Waals surface area contributed by atoms with Crippen LogP contribution >= 0.6 is 15.9 Å². The lowest BCUT2D eigenvalue weighted by molar-refractivity contribution is -0.107. The zero-order valence-electron chi connectivity index (χ0n) is 8.94. The largest absolute Gasteiger partial charge is 0.302 e. The van der Waals surface area contributed by atoms with E-state index in [2.05, 4.69) is 15.9 Å². The van der Waals surface area contributed by atoms with Crippen LogP contribution < -0.4 is 0 Å². The lowest BCUT2D eigenvalue weighted by atomic mass is 10.0. The van der Waals surface area contributed by atoms with Crippen LogP contribution in [0.25, 0.3) is 11.1 Å². The minimum atomic E-state index is -0.308. The van der Waals surface area contributed by atoms with Gasteiger partial charge in [0.2, 0.25) is 0 Å². The Labute approximate surface area is 107 Å². The molecule has 0 saturated heterocycles. The third-order valence-corrected chi connectivity index (χ3v) is 3.28. The number of hydrogen-bond acceptors (Lipinski definition) is 1. The molecule has 0 N–H and O–H groups in total. The second-order valence-corrected chi connectivity index (χ2v) is 4.63. The van der Waals surface area contributed by atoms with E-state index in [0.717, 1.165) is 17.4 Å². The van der Waals surface area contributed by atoms with Gasteiger partial charge in [-0.25, -0.2) is 4.39 Å². The fourth-order valence-electron chi connectivity index (χ4n) is 1.62.